The maximum Gasteiger partial charge on any atom is 0.320 e. The van der Waals surface area contributed by atoms with Gasteiger partial charge in [-0.2, -0.15) is 0 Å². The fraction of sp³-hybridized carbons (Fsp3) is 0.846. The molecule has 2 aliphatic rings. The minimum Gasteiger partial charge on any atom is -0.411 e. The highest BCUT2D eigenvalue weighted by molar-refractivity contribution is 5.88. The van der Waals surface area contributed by atoms with Gasteiger partial charge < -0.3 is 15.0 Å². The molecule has 0 saturated carbocycles. The summed E-state index contributed by atoms with van der Waals surface area (Å²) in [5, 5.41) is 12.2. The van der Waals surface area contributed by atoms with E-state index in [9.17, 15) is 4.79 Å². The quantitative estimate of drug-likeness (QED) is 0.531. The Balaban J connectivity index is 1.93. The Hall–Kier alpha value is -1.26. The smallest absolute Gasteiger partial charge is 0.320 e. The first-order valence-corrected chi connectivity index (χ1v) is 6.97. The van der Waals surface area contributed by atoms with Crippen LogP contribution >= 0.6 is 0 Å². The van der Waals surface area contributed by atoms with Crippen LogP contribution in [0.15, 0.2) is 5.16 Å². The third-order valence-electron chi connectivity index (χ3n) is 3.98. The molecule has 102 valence electrons. The molecule has 2 fully saturated rings. The van der Waals surface area contributed by atoms with Crippen molar-refractivity contribution in [1.29, 1.82) is 0 Å². The molecule has 2 saturated heterocycles. The summed E-state index contributed by atoms with van der Waals surface area (Å²) in [4.78, 5) is 16.3. The van der Waals surface area contributed by atoms with Crippen molar-refractivity contribution >= 4 is 11.7 Å². The van der Waals surface area contributed by atoms with Crippen molar-refractivity contribution in [1.82, 2.24) is 9.80 Å². The summed E-state index contributed by atoms with van der Waals surface area (Å²) in [5.41, 5.74) is 0.815. The molecule has 0 spiro atoms. The molecule has 5 nitrogen and oxygen atoms in total. The number of urea groups is 1. The van der Waals surface area contributed by atoms with E-state index < -0.39 is 0 Å². The van der Waals surface area contributed by atoms with Gasteiger partial charge in [-0.1, -0.05) is 24.9 Å². The first-order valence-electron chi connectivity index (χ1n) is 6.97. The van der Waals surface area contributed by atoms with Gasteiger partial charge in [0.2, 0.25) is 0 Å². The highest BCUT2D eigenvalue weighted by atomic mass is 16.4. The molecule has 2 aliphatic heterocycles. The SMILES string of the molecule is CC1CN(C(=O)N2CCCCCC2)CCC1=NO. The lowest BCUT2D eigenvalue weighted by Gasteiger charge is -2.35. The summed E-state index contributed by atoms with van der Waals surface area (Å²) < 4.78 is 0. The number of rotatable bonds is 0. The van der Waals surface area contributed by atoms with Crippen LogP contribution in [0.1, 0.15) is 39.0 Å². The van der Waals surface area contributed by atoms with Crippen LogP contribution in [0.3, 0.4) is 0 Å². The van der Waals surface area contributed by atoms with Crippen molar-refractivity contribution < 1.29 is 10.0 Å². The number of amides is 2. The normalized spacial score (nSPS) is 28.3. The molecule has 0 aliphatic carbocycles. The van der Waals surface area contributed by atoms with Gasteiger partial charge in [-0.15, -0.1) is 0 Å². The van der Waals surface area contributed by atoms with Crippen LogP contribution in [0.5, 0.6) is 0 Å². The number of carbonyl (C=O) groups excluding carboxylic acids is 1. The number of hydrogen-bond donors (Lipinski definition) is 1. The van der Waals surface area contributed by atoms with Crippen molar-refractivity contribution in [3.8, 4) is 0 Å². The maximum absolute atomic E-state index is 12.4. The Morgan fingerprint density at radius 1 is 1.17 bits per heavy atom. The minimum atomic E-state index is 0.166. The van der Waals surface area contributed by atoms with Gasteiger partial charge in [0.25, 0.3) is 0 Å². The number of carbonyl (C=O) groups is 1. The van der Waals surface area contributed by atoms with Gasteiger partial charge in [0.05, 0.1) is 5.71 Å². The lowest BCUT2D eigenvalue weighted by atomic mass is 9.98. The zero-order valence-corrected chi connectivity index (χ0v) is 11.1. The Morgan fingerprint density at radius 3 is 2.39 bits per heavy atom. The van der Waals surface area contributed by atoms with E-state index >= 15 is 0 Å². The average molecular weight is 253 g/mol. The summed E-state index contributed by atoms with van der Waals surface area (Å²) in [6.45, 7) is 5.15. The van der Waals surface area contributed by atoms with Crippen molar-refractivity contribution in [3.05, 3.63) is 0 Å². The number of likely N-dealkylation sites (tertiary alicyclic amines) is 2. The number of oxime groups is 1. The van der Waals surface area contributed by atoms with Crippen LogP contribution in [0.4, 0.5) is 4.79 Å². The predicted molar refractivity (Wildman–Crippen MR) is 70.0 cm³/mol. The third-order valence-corrected chi connectivity index (χ3v) is 3.98. The van der Waals surface area contributed by atoms with E-state index in [1.165, 1.54) is 12.8 Å². The van der Waals surface area contributed by atoms with Gasteiger partial charge in [0.1, 0.15) is 0 Å². The average Bonchev–Trinajstić information content (AvgIpc) is 2.66. The van der Waals surface area contributed by atoms with E-state index in [-0.39, 0.29) is 11.9 Å². The molecule has 0 aromatic rings. The Labute approximate surface area is 108 Å². The fourth-order valence-electron chi connectivity index (χ4n) is 2.81. The van der Waals surface area contributed by atoms with E-state index in [4.69, 9.17) is 5.21 Å². The van der Waals surface area contributed by atoms with Crippen molar-refractivity contribution in [2.75, 3.05) is 26.2 Å². The molecule has 5 heteroatoms. The summed E-state index contributed by atoms with van der Waals surface area (Å²) in [6, 6.07) is 0.167. The zero-order valence-electron chi connectivity index (χ0n) is 11.1. The standard InChI is InChI=1S/C13H23N3O2/c1-11-10-16(9-6-12(11)14-18)13(17)15-7-4-2-3-5-8-15/h11,18H,2-10H2,1H3. The minimum absolute atomic E-state index is 0.166. The second kappa shape index (κ2) is 6.07. The first-order chi connectivity index (χ1) is 8.72. The molecule has 0 aromatic carbocycles. The largest absolute Gasteiger partial charge is 0.411 e. The highest BCUT2D eigenvalue weighted by Crippen LogP contribution is 2.17. The lowest BCUT2D eigenvalue weighted by molar-refractivity contribution is 0.147. The second-order valence-electron chi connectivity index (χ2n) is 5.37. The monoisotopic (exact) mass is 253 g/mol. The molecule has 0 bridgehead atoms. The van der Waals surface area contributed by atoms with Crippen LogP contribution in [-0.2, 0) is 0 Å². The Bertz CT molecular complexity index is 322. The van der Waals surface area contributed by atoms with Crippen molar-refractivity contribution in [3.63, 3.8) is 0 Å². The van der Waals surface area contributed by atoms with Crippen molar-refractivity contribution in [2.24, 2.45) is 11.1 Å². The lowest BCUT2D eigenvalue weighted by Crippen LogP contribution is -2.49. The molecule has 1 unspecified atom stereocenters. The van der Waals surface area contributed by atoms with Gasteiger partial charge >= 0.3 is 6.03 Å². The first kappa shape index (κ1) is 13.2. The van der Waals surface area contributed by atoms with Gasteiger partial charge in [-0.05, 0) is 12.8 Å². The molecule has 18 heavy (non-hydrogen) atoms. The summed E-state index contributed by atoms with van der Waals surface area (Å²) in [5.74, 6) is 0.166. The predicted octanol–water partition coefficient (Wildman–Crippen LogP) is 2.15. The molecule has 2 rings (SSSR count). The van der Waals surface area contributed by atoms with Crippen LogP contribution in [0.2, 0.25) is 0 Å². The van der Waals surface area contributed by atoms with Gasteiger partial charge in [-0.3, -0.25) is 0 Å². The molecular weight excluding hydrogens is 230 g/mol. The topological polar surface area (TPSA) is 56.1 Å². The van der Waals surface area contributed by atoms with E-state index in [1.807, 2.05) is 16.7 Å². The van der Waals surface area contributed by atoms with E-state index in [0.717, 1.165) is 31.6 Å². The third kappa shape index (κ3) is 2.94. The molecule has 0 aromatic heterocycles. The van der Waals surface area contributed by atoms with Crippen LogP contribution in [0.25, 0.3) is 0 Å². The molecule has 2 amide bonds. The number of nitrogens with zero attached hydrogens (tertiary/aromatic N) is 3. The second-order valence-corrected chi connectivity index (χ2v) is 5.37. The maximum atomic E-state index is 12.4. The number of hydrogen-bond acceptors (Lipinski definition) is 3. The number of piperidine rings is 1. The summed E-state index contributed by atoms with van der Waals surface area (Å²) in [6.07, 6.45) is 5.41. The van der Waals surface area contributed by atoms with Crippen LogP contribution < -0.4 is 0 Å². The van der Waals surface area contributed by atoms with E-state index in [2.05, 4.69) is 5.16 Å². The van der Waals surface area contributed by atoms with Gasteiger partial charge in [-0.25, -0.2) is 4.79 Å². The van der Waals surface area contributed by atoms with Gasteiger partial charge in [0, 0.05) is 38.5 Å². The van der Waals surface area contributed by atoms with E-state index in [0.29, 0.717) is 19.5 Å². The molecule has 1 atom stereocenters. The van der Waals surface area contributed by atoms with Gasteiger partial charge in [0.15, 0.2) is 0 Å². The van der Waals surface area contributed by atoms with Crippen LogP contribution in [-0.4, -0.2) is 52.9 Å². The molecular formula is C13H23N3O2. The van der Waals surface area contributed by atoms with Crippen molar-refractivity contribution in [2.45, 2.75) is 39.0 Å². The Kier molecular flexibility index (Phi) is 4.44. The zero-order chi connectivity index (χ0) is 13.0. The molecule has 1 N–H and O–H groups in total. The fourth-order valence-corrected chi connectivity index (χ4v) is 2.81. The Morgan fingerprint density at radius 2 is 1.83 bits per heavy atom. The van der Waals surface area contributed by atoms with Crippen LogP contribution in [0, 0.1) is 5.92 Å². The highest BCUT2D eigenvalue weighted by Gasteiger charge is 2.28. The molecule has 0 radical (unpaired) electrons. The summed E-state index contributed by atoms with van der Waals surface area (Å²) in [7, 11) is 0. The molecule has 2 heterocycles. The van der Waals surface area contributed by atoms with E-state index in [1.54, 1.807) is 0 Å². The summed E-state index contributed by atoms with van der Waals surface area (Å²) >= 11 is 0.